The lowest BCUT2D eigenvalue weighted by Gasteiger charge is -2.28. The summed E-state index contributed by atoms with van der Waals surface area (Å²) in [5, 5.41) is 8.75. The maximum absolute atomic E-state index is 12.4. The number of nitrogens with two attached hydrogens (primary N) is 1. The maximum Gasteiger partial charge on any atom is 0.408 e. The van der Waals surface area contributed by atoms with E-state index in [9.17, 15) is 4.79 Å². The lowest BCUT2D eigenvalue weighted by atomic mass is 10.0. The number of nitrogens with zero attached hydrogens (tertiary/aromatic N) is 4. The van der Waals surface area contributed by atoms with Crippen molar-refractivity contribution >= 4 is 38.9 Å². The average Bonchev–Trinajstić information content (AvgIpc) is 3.48. The molecule has 0 bridgehead atoms. The number of aromatic nitrogens is 3. The molecule has 0 aliphatic carbocycles. The van der Waals surface area contributed by atoms with E-state index in [1.807, 2.05) is 25.3 Å². The molecule has 0 spiro atoms. The van der Waals surface area contributed by atoms with Gasteiger partial charge >= 0.3 is 6.09 Å². The Morgan fingerprint density at radius 2 is 2.05 bits per heavy atom. The Labute approximate surface area is 220 Å². The van der Waals surface area contributed by atoms with Crippen molar-refractivity contribution in [2.45, 2.75) is 58.7 Å². The number of anilines is 1. The molecule has 1 aliphatic heterocycles. The van der Waals surface area contributed by atoms with Gasteiger partial charge in [0.05, 0.1) is 23.0 Å². The predicted molar refractivity (Wildman–Crippen MR) is 147 cm³/mol. The van der Waals surface area contributed by atoms with E-state index >= 15 is 0 Å². The third-order valence-electron chi connectivity index (χ3n) is 6.61. The number of nitrogen functional groups attached to an aromatic ring is 1. The van der Waals surface area contributed by atoms with Gasteiger partial charge in [-0.15, -0.1) is 11.3 Å². The summed E-state index contributed by atoms with van der Waals surface area (Å²) in [7, 11) is 1.70. The van der Waals surface area contributed by atoms with Crippen molar-refractivity contribution in [3.8, 4) is 16.2 Å². The quantitative estimate of drug-likeness (QED) is 0.380. The van der Waals surface area contributed by atoms with Crippen LogP contribution in [0.2, 0.25) is 0 Å². The summed E-state index contributed by atoms with van der Waals surface area (Å²) < 4.78 is 14.1. The number of hydrogen-bond acceptors (Lipinski definition) is 8. The zero-order valence-corrected chi connectivity index (χ0v) is 23.0. The molecule has 1 amide bonds. The second-order valence-corrected chi connectivity index (χ2v) is 12.2. The van der Waals surface area contributed by atoms with E-state index in [1.165, 1.54) is 6.33 Å². The molecule has 1 aliphatic rings. The normalized spacial score (nSPS) is 18.5. The molecule has 3 aromatic heterocycles. The Morgan fingerprint density at radius 1 is 1.27 bits per heavy atom. The highest BCUT2D eigenvalue weighted by Gasteiger charge is 2.36. The van der Waals surface area contributed by atoms with E-state index in [-0.39, 0.29) is 11.6 Å². The van der Waals surface area contributed by atoms with Crippen LogP contribution in [0.1, 0.15) is 45.4 Å². The molecule has 1 unspecified atom stereocenters. The maximum atomic E-state index is 12.4. The van der Waals surface area contributed by atoms with Crippen LogP contribution in [0.5, 0.6) is 5.75 Å². The van der Waals surface area contributed by atoms with Gasteiger partial charge in [-0.25, -0.2) is 14.3 Å². The number of aryl methyl sites for hydroxylation is 1. The van der Waals surface area contributed by atoms with Crippen LogP contribution in [0.3, 0.4) is 0 Å². The first-order valence-corrected chi connectivity index (χ1v) is 13.2. The van der Waals surface area contributed by atoms with Crippen LogP contribution in [0.25, 0.3) is 26.0 Å². The van der Waals surface area contributed by atoms with Crippen molar-refractivity contribution in [2.24, 2.45) is 0 Å². The van der Waals surface area contributed by atoms with Gasteiger partial charge in [0, 0.05) is 30.1 Å². The smallest absolute Gasteiger partial charge is 0.408 e. The number of hydrogen-bond donors (Lipinski definition) is 2. The number of fused-ring (bicyclic) bond motifs is 2. The van der Waals surface area contributed by atoms with Crippen LogP contribution >= 0.6 is 11.3 Å². The molecule has 0 saturated carbocycles. The van der Waals surface area contributed by atoms with Crippen LogP contribution in [0, 0.1) is 6.92 Å². The highest BCUT2D eigenvalue weighted by molar-refractivity contribution is 7.22. The van der Waals surface area contributed by atoms with Gasteiger partial charge in [-0.2, -0.15) is 5.10 Å². The van der Waals surface area contributed by atoms with E-state index in [4.69, 9.17) is 15.2 Å². The van der Waals surface area contributed by atoms with E-state index in [1.54, 1.807) is 18.4 Å². The number of nitrogens with one attached hydrogen (secondary N) is 1. The first-order chi connectivity index (χ1) is 17.4. The SMILES string of the molecule is COc1cc(C)cc2cc(-c3cc(CN4CCC(C)(NC(=O)OC(C)(C)C)C4)n4ncnc(N)c34)sc12. The third kappa shape index (κ3) is 5.08. The number of rotatable bonds is 5. The van der Waals surface area contributed by atoms with Gasteiger partial charge < -0.3 is 20.5 Å². The van der Waals surface area contributed by atoms with Crippen LogP contribution in [0.4, 0.5) is 10.6 Å². The zero-order chi connectivity index (χ0) is 26.5. The number of carbonyl (C=O) groups is 1. The number of carbonyl (C=O) groups excluding carboxylic acids is 1. The molecule has 3 N–H and O–H groups in total. The minimum Gasteiger partial charge on any atom is -0.495 e. The van der Waals surface area contributed by atoms with Gasteiger partial charge in [-0.1, -0.05) is 6.07 Å². The van der Waals surface area contributed by atoms with Crippen molar-refractivity contribution in [1.82, 2.24) is 24.8 Å². The van der Waals surface area contributed by atoms with Crippen LogP contribution < -0.4 is 15.8 Å². The topological polar surface area (TPSA) is 107 Å². The van der Waals surface area contributed by atoms with Gasteiger partial charge in [-0.3, -0.25) is 4.90 Å². The molecule has 1 aromatic carbocycles. The molecule has 5 rings (SSSR count). The predicted octanol–water partition coefficient (Wildman–Crippen LogP) is 5.00. The molecule has 1 fully saturated rings. The lowest BCUT2D eigenvalue weighted by Crippen LogP contribution is -2.49. The van der Waals surface area contributed by atoms with Crippen LogP contribution in [0.15, 0.2) is 30.6 Å². The second-order valence-electron chi connectivity index (χ2n) is 11.1. The molecular weight excluding hydrogens is 488 g/mol. The van der Waals surface area contributed by atoms with Gasteiger partial charge in [0.15, 0.2) is 5.82 Å². The highest BCUT2D eigenvalue weighted by Crippen LogP contribution is 2.42. The van der Waals surface area contributed by atoms with E-state index < -0.39 is 5.60 Å². The number of methoxy groups -OCH3 is 1. The number of thiophene rings is 1. The Bertz CT molecular complexity index is 1490. The zero-order valence-electron chi connectivity index (χ0n) is 22.2. The van der Waals surface area contributed by atoms with Crippen LogP contribution in [-0.2, 0) is 11.3 Å². The van der Waals surface area contributed by atoms with Crippen molar-refractivity contribution < 1.29 is 14.3 Å². The Balaban J connectivity index is 1.44. The monoisotopic (exact) mass is 522 g/mol. The molecule has 0 radical (unpaired) electrons. The van der Waals surface area contributed by atoms with Crippen molar-refractivity contribution in [3.63, 3.8) is 0 Å². The highest BCUT2D eigenvalue weighted by atomic mass is 32.1. The molecular formula is C27H34N6O3S. The molecule has 4 aromatic rings. The minimum absolute atomic E-state index is 0.369. The summed E-state index contributed by atoms with van der Waals surface area (Å²) in [6.45, 7) is 11.9. The molecule has 1 saturated heterocycles. The molecule has 9 nitrogen and oxygen atoms in total. The van der Waals surface area contributed by atoms with Gasteiger partial charge in [0.1, 0.15) is 23.2 Å². The molecule has 37 heavy (non-hydrogen) atoms. The Hall–Kier alpha value is -3.37. The van der Waals surface area contributed by atoms with Crippen LogP contribution in [-0.4, -0.2) is 56.9 Å². The van der Waals surface area contributed by atoms with Gasteiger partial charge in [0.25, 0.3) is 0 Å². The standard InChI is InChI=1S/C27H34N6O3S/c1-16-9-17-11-21(37-23(17)20(10-16)35-6)19-12-18(33-22(19)24(28)29-15-30-33)13-32-8-7-27(5,14-32)31-25(34)36-26(2,3)4/h9-12,15H,7-8,13-14H2,1-6H3,(H,31,34)(H2,28,29,30). The van der Waals surface area contributed by atoms with Gasteiger partial charge in [0.2, 0.25) is 0 Å². The fraction of sp³-hybridized carbons (Fsp3) is 0.444. The summed E-state index contributed by atoms with van der Waals surface area (Å²) in [5.41, 5.74) is 9.44. The molecule has 1 atom stereocenters. The van der Waals surface area contributed by atoms with Crippen molar-refractivity contribution in [3.05, 3.63) is 41.9 Å². The molecule has 10 heteroatoms. The second kappa shape index (κ2) is 9.18. The summed E-state index contributed by atoms with van der Waals surface area (Å²) in [4.78, 5) is 20.1. The number of ether oxygens (including phenoxy) is 2. The largest absolute Gasteiger partial charge is 0.495 e. The fourth-order valence-corrected chi connectivity index (χ4v) is 6.20. The fourth-order valence-electron chi connectivity index (χ4n) is 5.05. The first kappa shape index (κ1) is 25.3. The Kier molecular flexibility index (Phi) is 6.27. The van der Waals surface area contributed by atoms with Crippen molar-refractivity contribution in [1.29, 1.82) is 0 Å². The van der Waals surface area contributed by atoms with Gasteiger partial charge in [-0.05, 0) is 70.2 Å². The average molecular weight is 523 g/mol. The summed E-state index contributed by atoms with van der Waals surface area (Å²) >= 11 is 1.68. The summed E-state index contributed by atoms with van der Waals surface area (Å²) in [6.07, 6.45) is 1.93. The first-order valence-electron chi connectivity index (χ1n) is 12.4. The number of likely N-dealkylation sites (tertiary alicyclic amines) is 1. The molecule has 196 valence electrons. The number of benzene rings is 1. The molecule has 4 heterocycles. The third-order valence-corrected chi connectivity index (χ3v) is 7.81. The minimum atomic E-state index is -0.533. The summed E-state index contributed by atoms with van der Waals surface area (Å²) in [6, 6.07) is 8.55. The van der Waals surface area contributed by atoms with E-state index in [0.29, 0.717) is 18.9 Å². The lowest BCUT2D eigenvalue weighted by molar-refractivity contribution is 0.0466. The van der Waals surface area contributed by atoms with Crippen molar-refractivity contribution in [2.75, 3.05) is 25.9 Å². The van der Waals surface area contributed by atoms with E-state index in [0.717, 1.165) is 56.0 Å². The number of alkyl carbamates (subject to hydrolysis) is 1. The Morgan fingerprint density at radius 3 is 2.78 bits per heavy atom. The number of amides is 1. The van der Waals surface area contributed by atoms with E-state index in [2.05, 4.69) is 58.4 Å². The summed E-state index contributed by atoms with van der Waals surface area (Å²) in [5.74, 6) is 1.31.